The first-order valence-electron chi connectivity index (χ1n) is 8.93. The fraction of sp³-hybridized carbons (Fsp3) is 0.368. The second kappa shape index (κ2) is 8.38. The number of ether oxygens (including phenoxy) is 1. The standard InChI is InChI=1S/C19H23ClN4O3S/c1-12-11-13(5-6-14(12)24-10-4-9-21-24)22-17(25)19(2,3)23-18(26)27-16-8-7-15(20)28-16/h5-8,11,21H,4,9-10H2,1-3H3,(H,22,25)(H,23,26). The molecular weight excluding hydrogens is 400 g/mol. The maximum absolute atomic E-state index is 12.7. The molecule has 7 nitrogen and oxygen atoms in total. The molecule has 1 aromatic carbocycles. The van der Waals surface area contributed by atoms with Crippen LogP contribution in [0.1, 0.15) is 25.8 Å². The second-order valence-electron chi connectivity index (χ2n) is 7.07. The predicted molar refractivity (Wildman–Crippen MR) is 112 cm³/mol. The largest absolute Gasteiger partial charge is 0.414 e. The molecule has 0 atom stereocenters. The second-order valence-corrected chi connectivity index (χ2v) is 8.74. The Morgan fingerprint density at radius 1 is 1.29 bits per heavy atom. The van der Waals surface area contributed by atoms with E-state index in [9.17, 15) is 9.59 Å². The van der Waals surface area contributed by atoms with E-state index in [1.165, 1.54) is 0 Å². The molecule has 1 aromatic heterocycles. The van der Waals surface area contributed by atoms with Crippen LogP contribution in [0, 0.1) is 6.92 Å². The number of benzene rings is 1. The molecule has 3 N–H and O–H groups in total. The molecule has 0 radical (unpaired) electrons. The zero-order chi connectivity index (χ0) is 20.3. The van der Waals surface area contributed by atoms with Gasteiger partial charge in [-0.3, -0.25) is 4.79 Å². The molecular formula is C19H23ClN4O3S. The molecule has 2 heterocycles. The Morgan fingerprint density at radius 3 is 2.68 bits per heavy atom. The maximum atomic E-state index is 12.7. The van der Waals surface area contributed by atoms with Crippen LogP contribution in [0.25, 0.3) is 0 Å². The van der Waals surface area contributed by atoms with Gasteiger partial charge in [-0.15, -0.1) is 0 Å². The average Bonchev–Trinajstić information content (AvgIpc) is 3.26. The molecule has 2 aromatic rings. The van der Waals surface area contributed by atoms with Crippen molar-refractivity contribution in [2.45, 2.75) is 32.7 Å². The van der Waals surface area contributed by atoms with Crippen molar-refractivity contribution >= 4 is 46.3 Å². The third-order valence-corrected chi connectivity index (χ3v) is 5.44. The maximum Gasteiger partial charge on any atom is 0.414 e. The minimum absolute atomic E-state index is 0.347. The number of halogens is 1. The molecule has 1 aliphatic rings. The number of hydrogen-bond donors (Lipinski definition) is 3. The van der Waals surface area contributed by atoms with Gasteiger partial charge in [-0.2, -0.15) is 0 Å². The van der Waals surface area contributed by atoms with Crippen LogP contribution in [0.15, 0.2) is 30.3 Å². The van der Waals surface area contributed by atoms with Crippen molar-refractivity contribution in [3.8, 4) is 5.06 Å². The van der Waals surface area contributed by atoms with Gasteiger partial charge >= 0.3 is 6.09 Å². The number of thiophene rings is 1. The van der Waals surface area contributed by atoms with E-state index < -0.39 is 11.6 Å². The van der Waals surface area contributed by atoms with E-state index in [0.29, 0.717) is 15.1 Å². The van der Waals surface area contributed by atoms with Gasteiger partial charge in [0.1, 0.15) is 5.54 Å². The van der Waals surface area contributed by atoms with Gasteiger partial charge in [0.2, 0.25) is 5.91 Å². The number of anilines is 2. The highest BCUT2D eigenvalue weighted by Crippen LogP contribution is 2.28. The lowest BCUT2D eigenvalue weighted by Gasteiger charge is -2.25. The first kappa shape index (κ1) is 20.4. The monoisotopic (exact) mass is 422 g/mol. The highest BCUT2D eigenvalue weighted by molar-refractivity contribution is 7.17. The summed E-state index contributed by atoms with van der Waals surface area (Å²) in [5.74, 6) is -0.347. The smallest absolute Gasteiger partial charge is 0.399 e. The summed E-state index contributed by atoms with van der Waals surface area (Å²) >= 11 is 6.96. The highest BCUT2D eigenvalue weighted by Gasteiger charge is 2.30. The number of hydrazine groups is 1. The molecule has 28 heavy (non-hydrogen) atoms. The fourth-order valence-electron chi connectivity index (χ4n) is 2.84. The van der Waals surface area contributed by atoms with Crippen LogP contribution < -0.4 is 25.8 Å². The summed E-state index contributed by atoms with van der Waals surface area (Å²) in [7, 11) is 0. The van der Waals surface area contributed by atoms with E-state index in [4.69, 9.17) is 16.3 Å². The van der Waals surface area contributed by atoms with Crippen molar-refractivity contribution in [2.24, 2.45) is 0 Å². The summed E-state index contributed by atoms with van der Waals surface area (Å²) in [5, 5.41) is 7.90. The Labute approximate surface area is 173 Å². The predicted octanol–water partition coefficient (Wildman–Crippen LogP) is 3.93. The molecule has 2 amide bonds. The van der Waals surface area contributed by atoms with Gasteiger partial charge in [0.15, 0.2) is 5.06 Å². The number of carbonyl (C=O) groups is 2. The van der Waals surface area contributed by atoms with Crippen LogP contribution in [0.3, 0.4) is 0 Å². The van der Waals surface area contributed by atoms with E-state index >= 15 is 0 Å². The van der Waals surface area contributed by atoms with Crippen LogP contribution >= 0.6 is 22.9 Å². The highest BCUT2D eigenvalue weighted by atomic mass is 35.5. The molecule has 0 spiro atoms. The van der Waals surface area contributed by atoms with Crippen molar-refractivity contribution in [3.63, 3.8) is 0 Å². The third-order valence-electron chi connectivity index (χ3n) is 4.33. The van der Waals surface area contributed by atoms with Crippen LogP contribution in [0.5, 0.6) is 5.06 Å². The SMILES string of the molecule is Cc1cc(NC(=O)C(C)(C)NC(=O)Oc2ccc(Cl)s2)ccc1N1CCCN1. The quantitative estimate of drug-likeness (QED) is 0.680. The molecule has 0 unspecified atom stereocenters. The van der Waals surface area contributed by atoms with E-state index in [2.05, 4.69) is 21.1 Å². The third kappa shape index (κ3) is 4.95. The van der Waals surface area contributed by atoms with E-state index in [1.54, 1.807) is 26.0 Å². The normalized spacial score (nSPS) is 14.1. The lowest BCUT2D eigenvalue weighted by Crippen LogP contribution is -2.53. The summed E-state index contributed by atoms with van der Waals surface area (Å²) < 4.78 is 5.67. The van der Waals surface area contributed by atoms with Crippen molar-refractivity contribution in [3.05, 3.63) is 40.2 Å². The Kier molecular flexibility index (Phi) is 6.12. The summed E-state index contributed by atoms with van der Waals surface area (Å²) in [5.41, 5.74) is 4.96. The summed E-state index contributed by atoms with van der Waals surface area (Å²) in [4.78, 5) is 24.7. The summed E-state index contributed by atoms with van der Waals surface area (Å²) in [6, 6.07) is 8.96. The van der Waals surface area contributed by atoms with E-state index in [0.717, 1.165) is 42.1 Å². The number of hydrogen-bond acceptors (Lipinski definition) is 6. The number of aryl methyl sites for hydroxylation is 1. The Balaban J connectivity index is 1.60. The lowest BCUT2D eigenvalue weighted by molar-refractivity contribution is -0.121. The van der Waals surface area contributed by atoms with Gasteiger partial charge in [-0.05, 0) is 63.1 Å². The zero-order valence-corrected chi connectivity index (χ0v) is 17.5. The minimum atomic E-state index is -1.17. The van der Waals surface area contributed by atoms with Crippen LogP contribution in [-0.2, 0) is 4.79 Å². The zero-order valence-electron chi connectivity index (χ0n) is 16.0. The van der Waals surface area contributed by atoms with Gasteiger partial charge in [0, 0.05) is 18.8 Å². The first-order valence-corrected chi connectivity index (χ1v) is 10.1. The van der Waals surface area contributed by atoms with Crippen LogP contribution in [0.2, 0.25) is 4.34 Å². The van der Waals surface area contributed by atoms with Crippen molar-refractivity contribution in [2.75, 3.05) is 23.4 Å². The molecule has 150 valence electrons. The van der Waals surface area contributed by atoms with Crippen molar-refractivity contribution in [1.82, 2.24) is 10.7 Å². The van der Waals surface area contributed by atoms with Gasteiger partial charge < -0.3 is 20.4 Å². The van der Waals surface area contributed by atoms with Gasteiger partial charge in [0.05, 0.1) is 10.0 Å². The number of amides is 2. The van der Waals surface area contributed by atoms with Gasteiger partial charge in [0.25, 0.3) is 0 Å². The lowest BCUT2D eigenvalue weighted by atomic mass is 10.0. The molecule has 0 aliphatic carbocycles. The first-order chi connectivity index (χ1) is 13.2. The van der Waals surface area contributed by atoms with Crippen molar-refractivity contribution in [1.29, 1.82) is 0 Å². The molecule has 3 rings (SSSR count). The number of rotatable bonds is 5. The Bertz CT molecular complexity index is 878. The molecule has 1 fully saturated rings. The molecule has 0 saturated carbocycles. The fourth-order valence-corrected chi connectivity index (χ4v) is 3.71. The topological polar surface area (TPSA) is 82.7 Å². The Hall–Kier alpha value is -2.29. The molecule has 1 aliphatic heterocycles. The van der Waals surface area contributed by atoms with E-state index in [1.807, 2.05) is 25.1 Å². The molecule has 1 saturated heterocycles. The van der Waals surface area contributed by atoms with Crippen LogP contribution in [0.4, 0.5) is 16.2 Å². The summed E-state index contributed by atoms with van der Waals surface area (Å²) in [6.45, 7) is 7.14. The number of nitrogens with zero attached hydrogens (tertiary/aromatic N) is 1. The summed E-state index contributed by atoms with van der Waals surface area (Å²) in [6.07, 6.45) is 0.385. The minimum Gasteiger partial charge on any atom is -0.399 e. The van der Waals surface area contributed by atoms with E-state index in [-0.39, 0.29) is 5.91 Å². The average molecular weight is 423 g/mol. The Morgan fingerprint density at radius 2 is 2.07 bits per heavy atom. The van der Waals surface area contributed by atoms with Crippen molar-refractivity contribution < 1.29 is 14.3 Å². The van der Waals surface area contributed by atoms with Gasteiger partial charge in [-0.1, -0.05) is 22.9 Å². The van der Waals surface area contributed by atoms with Gasteiger partial charge in [-0.25, -0.2) is 10.2 Å². The molecule has 0 bridgehead atoms. The number of nitrogens with one attached hydrogen (secondary N) is 3. The van der Waals surface area contributed by atoms with Crippen LogP contribution in [-0.4, -0.2) is 30.6 Å². The molecule has 9 heteroatoms. The number of carbonyl (C=O) groups excluding carboxylic acids is 2.